The van der Waals surface area contributed by atoms with Crippen molar-refractivity contribution in [2.24, 2.45) is 0 Å². The fraction of sp³-hybridized carbons (Fsp3) is 0.562. The van der Waals surface area contributed by atoms with Crippen LogP contribution in [0.25, 0.3) is 0 Å². The van der Waals surface area contributed by atoms with E-state index in [4.69, 9.17) is 4.74 Å². The number of carbonyl (C=O) groups is 1. The van der Waals surface area contributed by atoms with Gasteiger partial charge >= 0.3 is 0 Å². The van der Waals surface area contributed by atoms with Crippen molar-refractivity contribution in [2.75, 3.05) is 20.2 Å². The molecule has 0 N–H and O–H groups in total. The van der Waals surface area contributed by atoms with E-state index in [1.165, 1.54) is 19.2 Å². The van der Waals surface area contributed by atoms with Crippen LogP contribution in [-0.2, 0) is 0 Å². The molecule has 0 saturated carbocycles. The zero-order valence-corrected chi connectivity index (χ0v) is 13.0. The number of ketones is 1. The number of rotatable bonds is 7. The van der Waals surface area contributed by atoms with E-state index in [0.717, 1.165) is 13.1 Å². The highest BCUT2D eigenvalue weighted by Crippen LogP contribution is 2.27. The quantitative estimate of drug-likeness (QED) is 0.716. The van der Waals surface area contributed by atoms with Crippen molar-refractivity contribution in [3.8, 4) is 5.75 Å². The molecule has 0 amide bonds. The van der Waals surface area contributed by atoms with Gasteiger partial charge in [-0.2, -0.15) is 0 Å². The number of ether oxygens (including phenoxy) is 1. The van der Waals surface area contributed by atoms with Crippen molar-refractivity contribution >= 4 is 5.78 Å². The van der Waals surface area contributed by atoms with Gasteiger partial charge < -0.3 is 4.74 Å². The van der Waals surface area contributed by atoms with Gasteiger partial charge in [-0.3, -0.25) is 9.69 Å². The number of hydrogen-bond acceptors (Lipinski definition) is 3. The molecule has 0 bridgehead atoms. The lowest BCUT2D eigenvalue weighted by molar-refractivity contribution is 0.0603. The van der Waals surface area contributed by atoms with E-state index in [2.05, 4.69) is 4.90 Å². The van der Waals surface area contributed by atoms with Crippen LogP contribution in [0.15, 0.2) is 18.2 Å². The number of carbonyl (C=O) groups excluding carboxylic acids is 1. The number of methoxy groups -OCH3 is 1. The van der Waals surface area contributed by atoms with E-state index >= 15 is 0 Å². The van der Waals surface area contributed by atoms with Crippen LogP contribution < -0.4 is 4.74 Å². The summed E-state index contributed by atoms with van der Waals surface area (Å²) >= 11 is 0. The first kappa shape index (κ1) is 16.6. The van der Waals surface area contributed by atoms with E-state index in [1.54, 1.807) is 6.07 Å². The average Bonchev–Trinajstić information content (AvgIpc) is 2.47. The Balaban J connectivity index is 3.20. The van der Waals surface area contributed by atoms with Crippen LogP contribution in [0.3, 0.4) is 0 Å². The molecule has 20 heavy (non-hydrogen) atoms. The molecule has 0 aliphatic carbocycles. The molecule has 3 nitrogen and oxygen atoms in total. The van der Waals surface area contributed by atoms with E-state index in [9.17, 15) is 9.18 Å². The van der Waals surface area contributed by atoms with Gasteiger partial charge in [0, 0.05) is 6.07 Å². The summed E-state index contributed by atoms with van der Waals surface area (Å²) in [6.45, 7) is 9.36. The molecule has 0 aliphatic rings. The van der Waals surface area contributed by atoms with E-state index in [0.29, 0.717) is 12.2 Å². The van der Waals surface area contributed by atoms with Crippen LogP contribution in [0, 0.1) is 5.82 Å². The Morgan fingerprint density at radius 3 is 2.30 bits per heavy atom. The normalized spacial score (nSPS) is 14.2. The number of nitrogens with zero attached hydrogens (tertiary/aromatic N) is 1. The monoisotopic (exact) mass is 281 g/mol. The summed E-state index contributed by atoms with van der Waals surface area (Å²) in [5.74, 6) is -0.287. The highest BCUT2D eigenvalue weighted by molar-refractivity contribution is 6.03. The molecular formula is C16H24FNO2. The Labute approximate surface area is 120 Å². The maximum atomic E-state index is 14.1. The van der Waals surface area contributed by atoms with Gasteiger partial charge in [-0.15, -0.1) is 0 Å². The molecule has 0 heterocycles. The first-order chi connectivity index (χ1) is 9.44. The van der Waals surface area contributed by atoms with E-state index in [1.807, 2.05) is 27.7 Å². The standard InChI is InChI=1S/C16H24FNO2/c1-6-16(4,18(7-2)8-3)15(19)13-10-9-12(20-5)11-14(13)17/h9-11H,6-8H2,1-5H3. The molecule has 112 valence electrons. The van der Waals surface area contributed by atoms with Crippen LogP contribution in [0.4, 0.5) is 4.39 Å². The Hall–Kier alpha value is -1.42. The van der Waals surface area contributed by atoms with Gasteiger partial charge in [0.1, 0.15) is 11.6 Å². The van der Waals surface area contributed by atoms with Crippen molar-refractivity contribution in [1.29, 1.82) is 0 Å². The molecule has 1 unspecified atom stereocenters. The second-order valence-corrected chi connectivity index (χ2v) is 4.97. The number of Topliss-reactive ketones (excluding diaryl/α,β-unsaturated/α-hetero) is 1. The predicted molar refractivity (Wildman–Crippen MR) is 78.9 cm³/mol. The van der Waals surface area contributed by atoms with Crippen LogP contribution in [0.2, 0.25) is 0 Å². The lowest BCUT2D eigenvalue weighted by Crippen LogP contribution is -2.52. The van der Waals surface area contributed by atoms with E-state index in [-0.39, 0.29) is 11.3 Å². The minimum absolute atomic E-state index is 0.127. The Morgan fingerprint density at radius 2 is 1.90 bits per heavy atom. The molecule has 4 heteroatoms. The van der Waals surface area contributed by atoms with Crippen LogP contribution in [0.1, 0.15) is 44.5 Å². The summed E-state index contributed by atoms with van der Waals surface area (Å²) in [6.07, 6.45) is 0.638. The molecule has 0 aliphatic heterocycles. The Morgan fingerprint density at radius 1 is 1.30 bits per heavy atom. The van der Waals surface area contributed by atoms with Gasteiger partial charge in [-0.1, -0.05) is 20.8 Å². The van der Waals surface area contributed by atoms with Crippen molar-refractivity contribution in [1.82, 2.24) is 4.90 Å². The summed E-state index contributed by atoms with van der Waals surface area (Å²) in [7, 11) is 1.47. The zero-order valence-electron chi connectivity index (χ0n) is 13.0. The van der Waals surface area contributed by atoms with Gasteiger partial charge in [0.2, 0.25) is 0 Å². The molecule has 1 rings (SSSR count). The van der Waals surface area contributed by atoms with Gasteiger partial charge in [-0.25, -0.2) is 4.39 Å². The molecule has 0 radical (unpaired) electrons. The van der Waals surface area contributed by atoms with Crippen LogP contribution >= 0.6 is 0 Å². The third-order valence-corrected chi connectivity index (χ3v) is 4.06. The number of benzene rings is 1. The minimum Gasteiger partial charge on any atom is -0.497 e. The third-order valence-electron chi connectivity index (χ3n) is 4.06. The highest BCUT2D eigenvalue weighted by Gasteiger charge is 2.37. The maximum absolute atomic E-state index is 14.1. The first-order valence-electron chi connectivity index (χ1n) is 7.07. The number of hydrogen-bond donors (Lipinski definition) is 0. The fourth-order valence-electron chi connectivity index (χ4n) is 2.55. The van der Waals surface area contributed by atoms with Gasteiger partial charge in [0.25, 0.3) is 0 Å². The topological polar surface area (TPSA) is 29.5 Å². The summed E-state index contributed by atoms with van der Waals surface area (Å²) < 4.78 is 19.1. The van der Waals surface area contributed by atoms with Crippen molar-refractivity contribution in [2.45, 2.75) is 39.7 Å². The van der Waals surface area contributed by atoms with Crippen LogP contribution in [-0.4, -0.2) is 36.4 Å². The summed E-state index contributed by atoms with van der Waals surface area (Å²) in [5, 5.41) is 0. The lowest BCUT2D eigenvalue weighted by atomic mass is 9.86. The molecule has 1 aromatic carbocycles. The Bertz CT molecular complexity index is 472. The number of likely N-dealkylation sites (N-methyl/N-ethyl adjacent to an activating group) is 1. The molecule has 1 aromatic rings. The molecule has 0 fully saturated rings. The van der Waals surface area contributed by atoms with E-state index < -0.39 is 11.4 Å². The van der Waals surface area contributed by atoms with Crippen molar-refractivity contribution in [3.63, 3.8) is 0 Å². The third kappa shape index (κ3) is 3.01. The zero-order chi connectivity index (χ0) is 15.3. The van der Waals surface area contributed by atoms with Gasteiger partial charge in [0.15, 0.2) is 5.78 Å². The molecule has 0 saturated heterocycles. The average molecular weight is 281 g/mol. The SMILES string of the molecule is CCN(CC)C(C)(CC)C(=O)c1ccc(OC)cc1F. The summed E-state index contributed by atoms with van der Waals surface area (Å²) in [4.78, 5) is 14.8. The van der Waals surface area contributed by atoms with Crippen molar-refractivity contribution in [3.05, 3.63) is 29.6 Å². The van der Waals surface area contributed by atoms with Crippen molar-refractivity contribution < 1.29 is 13.9 Å². The second kappa shape index (κ2) is 6.84. The minimum atomic E-state index is -0.682. The lowest BCUT2D eigenvalue weighted by Gasteiger charge is -2.38. The van der Waals surface area contributed by atoms with Gasteiger partial charge in [-0.05, 0) is 38.6 Å². The Kier molecular flexibility index (Phi) is 5.69. The molecule has 1 atom stereocenters. The fourth-order valence-corrected chi connectivity index (χ4v) is 2.55. The molecular weight excluding hydrogens is 257 g/mol. The number of halogens is 1. The first-order valence-corrected chi connectivity index (χ1v) is 7.07. The smallest absolute Gasteiger partial charge is 0.185 e. The summed E-state index contributed by atoms with van der Waals surface area (Å²) in [5.41, 5.74) is -0.555. The highest BCUT2D eigenvalue weighted by atomic mass is 19.1. The molecule has 0 aromatic heterocycles. The molecule has 0 spiro atoms. The predicted octanol–water partition coefficient (Wildman–Crippen LogP) is 3.53. The maximum Gasteiger partial charge on any atom is 0.185 e. The summed E-state index contributed by atoms with van der Waals surface area (Å²) in [6, 6.07) is 4.38. The van der Waals surface area contributed by atoms with Gasteiger partial charge in [0.05, 0.1) is 18.2 Å². The van der Waals surface area contributed by atoms with Crippen LogP contribution in [0.5, 0.6) is 5.75 Å². The largest absolute Gasteiger partial charge is 0.497 e. The second-order valence-electron chi connectivity index (χ2n) is 4.97.